The van der Waals surface area contributed by atoms with E-state index in [1.54, 1.807) is 6.08 Å². The van der Waals surface area contributed by atoms with Crippen molar-refractivity contribution in [2.45, 2.75) is 13.8 Å². The fourth-order valence-electron chi connectivity index (χ4n) is 0.773. The zero-order chi connectivity index (χ0) is 9.23. The first kappa shape index (κ1) is 10.7. The topological polar surface area (TPSA) is 0 Å². The molecule has 0 aromatic carbocycles. The van der Waals surface area contributed by atoms with E-state index >= 15 is 0 Å². The van der Waals surface area contributed by atoms with E-state index in [9.17, 15) is 0 Å². The molecule has 0 heterocycles. The Bertz CT molecular complexity index is 224. The van der Waals surface area contributed by atoms with Crippen molar-refractivity contribution in [2.24, 2.45) is 0 Å². The van der Waals surface area contributed by atoms with Gasteiger partial charge < -0.3 is 0 Å². The van der Waals surface area contributed by atoms with Crippen molar-refractivity contribution in [1.29, 1.82) is 0 Å². The van der Waals surface area contributed by atoms with Crippen molar-refractivity contribution in [3.8, 4) is 0 Å². The van der Waals surface area contributed by atoms with Crippen LogP contribution in [0.15, 0.2) is 60.8 Å². The second-order valence-corrected chi connectivity index (χ2v) is 2.29. The summed E-state index contributed by atoms with van der Waals surface area (Å²) in [6.45, 7) is 7.65. The van der Waals surface area contributed by atoms with E-state index < -0.39 is 0 Å². The molecule has 0 amide bonds. The van der Waals surface area contributed by atoms with Crippen LogP contribution in [0.2, 0.25) is 0 Å². The molecule has 0 heteroatoms. The summed E-state index contributed by atoms with van der Waals surface area (Å²) in [4.78, 5) is 0. The monoisotopic (exact) mass is 160 g/mol. The van der Waals surface area contributed by atoms with Crippen LogP contribution < -0.4 is 0 Å². The first-order chi connectivity index (χ1) is 5.85. The number of rotatable bonds is 4. The molecule has 0 saturated carbocycles. The van der Waals surface area contributed by atoms with Crippen molar-refractivity contribution in [3.05, 3.63) is 60.8 Å². The van der Waals surface area contributed by atoms with E-state index in [0.29, 0.717) is 0 Å². The normalized spacial score (nSPS) is 13.7. The third-order valence-electron chi connectivity index (χ3n) is 1.26. The number of allylic oxidation sites excluding steroid dienone is 9. The molecular weight excluding hydrogens is 144 g/mol. The molecule has 0 saturated heterocycles. The quantitative estimate of drug-likeness (QED) is 0.549. The molecule has 0 fully saturated rings. The molecule has 64 valence electrons. The van der Waals surface area contributed by atoms with Crippen molar-refractivity contribution < 1.29 is 0 Å². The van der Waals surface area contributed by atoms with E-state index in [1.807, 2.05) is 56.4 Å². The average Bonchev–Trinajstić information content (AvgIpc) is 2.06. The van der Waals surface area contributed by atoms with Crippen LogP contribution in [0.5, 0.6) is 0 Å². The van der Waals surface area contributed by atoms with E-state index in [2.05, 4.69) is 6.58 Å². The summed E-state index contributed by atoms with van der Waals surface area (Å²) in [5, 5.41) is 0. The van der Waals surface area contributed by atoms with Crippen molar-refractivity contribution in [2.75, 3.05) is 0 Å². The third-order valence-corrected chi connectivity index (χ3v) is 1.26. The lowest BCUT2D eigenvalue weighted by Crippen LogP contribution is -1.68. The smallest absolute Gasteiger partial charge is 0.0260 e. The Morgan fingerprint density at radius 2 is 1.75 bits per heavy atom. The Labute approximate surface area is 75.3 Å². The van der Waals surface area contributed by atoms with Gasteiger partial charge >= 0.3 is 0 Å². The van der Waals surface area contributed by atoms with E-state index in [1.165, 1.54) is 0 Å². The van der Waals surface area contributed by atoms with Crippen LogP contribution in [0.25, 0.3) is 0 Å². The van der Waals surface area contributed by atoms with Crippen LogP contribution in [0.4, 0.5) is 0 Å². The minimum Gasteiger partial charge on any atom is -0.0990 e. The fraction of sp³-hybridized carbons (Fsp3) is 0.167. The molecule has 0 aliphatic carbocycles. The Kier molecular flexibility index (Phi) is 6.96. The van der Waals surface area contributed by atoms with Gasteiger partial charge in [-0.2, -0.15) is 0 Å². The summed E-state index contributed by atoms with van der Waals surface area (Å²) in [6, 6.07) is 0. The zero-order valence-electron chi connectivity index (χ0n) is 7.83. The highest BCUT2D eigenvalue weighted by atomic mass is 13.8. The molecule has 12 heavy (non-hydrogen) atoms. The summed E-state index contributed by atoms with van der Waals surface area (Å²) in [7, 11) is 0. The maximum atomic E-state index is 3.65. The predicted octanol–water partition coefficient (Wildman–Crippen LogP) is 3.81. The maximum absolute atomic E-state index is 3.65. The standard InChI is InChI=1S/C12H16/c1-4-7-8-11-12(9-5-2)10-6-3/h4-11H,2H2,1,3H3/b7-4-,10-6-,11-8-,12-9+. The van der Waals surface area contributed by atoms with Crippen LogP contribution in [0.1, 0.15) is 13.8 Å². The Morgan fingerprint density at radius 1 is 1.00 bits per heavy atom. The maximum Gasteiger partial charge on any atom is -0.0260 e. The van der Waals surface area contributed by atoms with Crippen molar-refractivity contribution >= 4 is 0 Å². The van der Waals surface area contributed by atoms with Crippen LogP contribution >= 0.6 is 0 Å². The molecular formula is C12H16. The number of hydrogen-bond donors (Lipinski definition) is 0. The van der Waals surface area contributed by atoms with Gasteiger partial charge in [0.25, 0.3) is 0 Å². The molecule has 0 atom stereocenters. The minimum absolute atomic E-state index is 1.16. The van der Waals surface area contributed by atoms with Gasteiger partial charge in [-0.3, -0.25) is 0 Å². The average molecular weight is 160 g/mol. The molecule has 0 bridgehead atoms. The first-order valence-corrected chi connectivity index (χ1v) is 4.10. The molecule has 0 aliphatic rings. The lowest BCUT2D eigenvalue weighted by Gasteiger charge is -1.88. The lowest BCUT2D eigenvalue weighted by atomic mass is 10.2. The van der Waals surface area contributed by atoms with Gasteiger partial charge in [0.15, 0.2) is 0 Å². The molecule has 0 aromatic heterocycles. The summed E-state index contributed by atoms with van der Waals surface area (Å²) in [5.41, 5.74) is 1.16. The molecule has 0 rings (SSSR count). The van der Waals surface area contributed by atoms with Crippen LogP contribution in [0, 0.1) is 0 Å². The summed E-state index contributed by atoms with van der Waals surface area (Å²) < 4.78 is 0. The highest BCUT2D eigenvalue weighted by molar-refractivity contribution is 5.34. The Hall–Kier alpha value is -1.30. The van der Waals surface area contributed by atoms with Crippen LogP contribution in [-0.2, 0) is 0 Å². The van der Waals surface area contributed by atoms with E-state index in [0.717, 1.165) is 5.57 Å². The Balaban J connectivity index is 4.32. The second-order valence-electron chi connectivity index (χ2n) is 2.29. The van der Waals surface area contributed by atoms with Gasteiger partial charge in [-0.15, -0.1) is 0 Å². The van der Waals surface area contributed by atoms with Gasteiger partial charge in [-0.1, -0.05) is 55.2 Å². The van der Waals surface area contributed by atoms with Crippen molar-refractivity contribution in [3.63, 3.8) is 0 Å². The summed E-state index contributed by atoms with van der Waals surface area (Å²) in [6.07, 6.45) is 15.9. The van der Waals surface area contributed by atoms with Gasteiger partial charge in [-0.25, -0.2) is 0 Å². The lowest BCUT2D eigenvalue weighted by molar-refractivity contribution is 1.62. The molecule has 0 unspecified atom stereocenters. The third kappa shape index (κ3) is 5.48. The molecule has 0 aromatic rings. The van der Waals surface area contributed by atoms with Gasteiger partial charge in [0, 0.05) is 0 Å². The molecule has 0 radical (unpaired) electrons. The predicted molar refractivity (Wildman–Crippen MR) is 57.0 cm³/mol. The van der Waals surface area contributed by atoms with Crippen LogP contribution in [-0.4, -0.2) is 0 Å². The first-order valence-electron chi connectivity index (χ1n) is 4.10. The zero-order valence-corrected chi connectivity index (χ0v) is 7.83. The molecule has 0 N–H and O–H groups in total. The minimum atomic E-state index is 1.16. The largest absolute Gasteiger partial charge is 0.0990 e. The second kappa shape index (κ2) is 7.80. The highest BCUT2D eigenvalue weighted by Crippen LogP contribution is 1.99. The SMILES string of the molecule is C=C/C=C(\C=C/C)/C=C\C=C/C. The highest BCUT2D eigenvalue weighted by Gasteiger charge is 1.79. The van der Waals surface area contributed by atoms with Crippen molar-refractivity contribution in [1.82, 2.24) is 0 Å². The van der Waals surface area contributed by atoms with Gasteiger partial charge in [0.05, 0.1) is 0 Å². The van der Waals surface area contributed by atoms with Crippen LogP contribution in [0.3, 0.4) is 0 Å². The molecule has 0 aliphatic heterocycles. The van der Waals surface area contributed by atoms with E-state index in [4.69, 9.17) is 0 Å². The molecule has 0 nitrogen and oxygen atoms in total. The fourth-order valence-corrected chi connectivity index (χ4v) is 0.773. The van der Waals surface area contributed by atoms with Gasteiger partial charge in [0.2, 0.25) is 0 Å². The Morgan fingerprint density at radius 3 is 2.25 bits per heavy atom. The summed E-state index contributed by atoms with van der Waals surface area (Å²) >= 11 is 0. The summed E-state index contributed by atoms with van der Waals surface area (Å²) in [5.74, 6) is 0. The number of hydrogen-bond acceptors (Lipinski definition) is 0. The van der Waals surface area contributed by atoms with Gasteiger partial charge in [0.1, 0.15) is 0 Å². The molecule has 0 spiro atoms. The van der Waals surface area contributed by atoms with Gasteiger partial charge in [-0.05, 0) is 19.4 Å². The van der Waals surface area contributed by atoms with E-state index in [-0.39, 0.29) is 0 Å².